The number of aromatic nitrogens is 1. The van der Waals surface area contributed by atoms with Crippen molar-refractivity contribution in [2.75, 3.05) is 12.5 Å². The molecular weight excluding hydrogens is 310 g/mol. The minimum Gasteiger partial charge on any atom is -0.301 e. The molecule has 1 aliphatic carbocycles. The fourth-order valence-electron chi connectivity index (χ4n) is 3.86. The summed E-state index contributed by atoms with van der Waals surface area (Å²) in [5.74, 6) is 1.12. The van der Waals surface area contributed by atoms with Gasteiger partial charge in [-0.3, -0.25) is 0 Å². The summed E-state index contributed by atoms with van der Waals surface area (Å²) in [7, 11) is 0.382. The van der Waals surface area contributed by atoms with Crippen molar-refractivity contribution in [1.82, 2.24) is 4.57 Å². The summed E-state index contributed by atoms with van der Waals surface area (Å²) in [6.07, 6.45) is 5.75. The van der Waals surface area contributed by atoms with Crippen molar-refractivity contribution in [2.45, 2.75) is 38.5 Å². The van der Waals surface area contributed by atoms with E-state index < -0.39 is 0 Å². The van der Waals surface area contributed by atoms with Gasteiger partial charge >= 0.3 is 0 Å². The van der Waals surface area contributed by atoms with Gasteiger partial charge in [-0.25, -0.2) is 0 Å². The van der Waals surface area contributed by atoms with Gasteiger partial charge in [0.15, 0.2) is 5.88 Å². The van der Waals surface area contributed by atoms with E-state index in [0.29, 0.717) is 10.9 Å². The standard InChI is InChI=1S/C22H26NS/c1-22(2,3)16-10-11-19-18(13-16)21-17-9-7-6-8-15(17)12-20(21)23(19)14-24(4)5/h6-11,13H,12,14H2,1-5H3/q+1. The summed E-state index contributed by atoms with van der Waals surface area (Å²) in [5.41, 5.74) is 8.92. The van der Waals surface area contributed by atoms with Crippen LogP contribution < -0.4 is 0 Å². The van der Waals surface area contributed by atoms with E-state index in [4.69, 9.17) is 0 Å². The number of hydrogen-bond acceptors (Lipinski definition) is 0. The van der Waals surface area contributed by atoms with Crippen LogP contribution in [0.1, 0.15) is 37.6 Å². The smallest absolute Gasteiger partial charge is 0.184 e. The Bertz CT molecular complexity index is 925. The highest BCUT2D eigenvalue weighted by Gasteiger charge is 2.28. The molecular formula is C22H26NS+. The van der Waals surface area contributed by atoms with E-state index in [1.54, 1.807) is 0 Å². The lowest BCUT2D eigenvalue weighted by atomic mass is 9.86. The summed E-state index contributed by atoms with van der Waals surface area (Å²) in [5, 5.41) is 1.44. The molecule has 0 bridgehead atoms. The van der Waals surface area contributed by atoms with Gasteiger partial charge in [-0.15, -0.1) is 0 Å². The van der Waals surface area contributed by atoms with Crippen molar-refractivity contribution < 1.29 is 0 Å². The lowest BCUT2D eigenvalue weighted by Gasteiger charge is -2.19. The average molecular weight is 337 g/mol. The van der Waals surface area contributed by atoms with Crippen LogP contribution in [0.3, 0.4) is 0 Å². The fourth-order valence-corrected chi connectivity index (χ4v) is 4.67. The van der Waals surface area contributed by atoms with Crippen molar-refractivity contribution in [3.8, 4) is 11.1 Å². The van der Waals surface area contributed by atoms with E-state index in [-0.39, 0.29) is 5.41 Å². The van der Waals surface area contributed by atoms with E-state index in [0.717, 1.165) is 12.3 Å². The Kier molecular flexibility index (Phi) is 3.58. The van der Waals surface area contributed by atoms with Crippen molar-refractivity contribution in [3.63, 3.8) is 0 Å². The average Bonchev–Trinajstić information content (AvgIpc) is 3.02. The van der Waals surface area contributed by atoms with Crippen LogP contribution >= 0.6 is 0 Å². The van der Waals surface area contributed by atoms with Crippen LogP contribution in [0.4, 0.5) is 0 Å². The summed E-state index contributed by atoms with van der Waals surface area (Å²) in [6.45, 7) is 6.90. The Hall–Kier alpha value is -1.67. The number of rotatable bonds is 2. The molecule has 0 fully saturated rings. The maximum Gasteiger partial charge on any atom is 0.184 e. The zero-order valence-electron chi connectivity index (χ0n) is 15.3. The van der Waals surface area contributed by atoms with Gasteiger partial charge in [0.25, 0.3) is 0 Å². The molecule has 1 nitrogen and oxygen atoms in total. The van der Waals surface area contributed by atoms with Crippen LogP contribution in [0.25, 0.3) is 22.0 Å². The zero-order valence-corrected chi connectivity index (χ0v) is 16.1. The van der Waals surface area contributed by atoms with Gasteiger partial charge in [0.1, 0.15) is 0 Å². The molecule has 0 spiro atoms. The van der Waals surface area contributed by atoms with Gasteiger partial charge in [0.05, 0.1) is 18.0 Å². The van der Waals surface area contributed by atoms with E-state index >= 15 is 0 Å². The normalized spacial score (nSPS) is 13.6. The fraction of sp³-hybridized carbons (Fsp3) is 0.364. The van der Waals surface area contributed by atoms with E-state index in [9.17, 15) is 0 Å². The van der Waals surface area contributed by atoms with Gasteiger partial charge < -0.3 is 4.57 Å². The molecule has 1 aromatic heterocycles. The van der Waals surface area contributed by atoms with E-state index in [1.165, 1.54) is 38.9 Å². The molecule has 0 aliphatic heterocycles. The van der Waals surface area contributed by atoms with Gasteiger partial charge in [-0.05, 0) is 34.2 Å². The van der Waals surface area contributed by atoms with Crippen LogP contribution in [-0.4, -0.2) is 17.1 Å². The monoisotopic (exact) mass is 336 g/mol. The number of nitrogens with zero attached hydrogens (tertiary/aromatic N) is 1. The first kappa shape index (κ1) is 15.8. The third kappa shape index (κ3) is 2.39. The second-order valence-electron chi connectivity index (χ2n) is 8.18. The highest BCUT2D eigenvalue weighted by atomic mass is 32.2. The Morgan fingerprint density at radius 3 is 2.50 bits per heavy atom. The Morgan fingerprint density at radius 1 is 1.04 bits per heavy atom. The first-order chi connectivity index (χ1) is 11.4. The van der Waals surface area contributed by atoms with Gasteiger partial charge in [-0.1, -0.05) is 51.1 Å². The Balaban J connectivity index is 2.03. The second kappa shape index (κ2) is 5.42. The van der Waals surface area contributed by atoms with Crippen LogP contribution in [0.5, 0.6) is 0 Å². The van der Waals surface area contributed by atoms with Crippen molar-refractivity contribution >= 4 is 21.8 Å². The molecule has 2 heteroatoms. The lowest BCUT2D eigenvalue weighted by Crippen LogP contribution is -2.12. The molecule has 3 aromatic rings. The second-order valence-corrected chi connectivity index (χ2v) is 10.4. The first-order valence-corrected chi connectivity index (χ1v) is 10.9. The SMILES string of the molecule is C[S+](C)Cn1c2c(c3cc(C(C)(C)C)ccc31)-c1ccccc1C2. The molecule has 0 saturated heterocycles. The molecule has 24 heavy (non-hydrogen) atoms. The zero-order chi connectivity index (χ0) is 17.1. The number of benzene rings is 2. The topological polar surface area (TPSA) is 4.93 Å². The van der Waals surface area contributed by atoms with Crippen molar-refractivity contribution in [1.29, 1.82) is 0 Å². The van der Waals surface area contributed by atoms with Crippen LogP contribution in [-0.2, 0) is 28.6 Å². The number of hydrogen-bond donors (Lipinski definition) is 0. The molecule has 0 atom stereocenters. The molecule has 0 unspecified atom stereocenters. The van der Waals surface area contributed by atoms with Crippen molar-refractivity contribution in [2.24, 2.45) is 0 Å². The number of fused-ring (bicyclic) bond motifs is 5. The minimum absolute atomic E-state index is 0.182. The minimum atomic E-state index is 0.182. The molecule has 0 N–H and O–H groups in total. The summed E-state index contributed by atoms with van der Waals surface area (Å²) in [4.78, 5) is 0. The van der Waals surface area contributed by atoms with Gasteiger partial charge in [0, 0.05) is 34.0 Å². The molecule has 124 valence electrons. The molecule has 2 aromatic carbocycles. The van der Waals surface area contributed by atoms with Gasteiger partial charge in [0.2, 0.25) is 0 Å². The molecule has 1 heterocycles. The predicted molar refractivity (Wildman–Crippen MR) is 108 cm³/mol. The van der Waals surface area contributed by atoms with E-state index in [2.05, 4.69) is 80.3 Å². The molecule has 0 radical (unpaired) electrons. The lowest BCUT2D eigenvalue weighted by molar-refractivity contribution is 0.591. The van der Waals surface area contributed by atoms with Gasteiger partial charge in [-0.2, -0.15) is 0 Å². The van der Waals surface area contributed by atoms with Crippen LogP contribution in [0, 0.1) is 0 Å². The van der Waals surface area contributed by atoms with Crippen molar-refractivity contribution in [3.05, 3.63) is 59.3 Å². The maximum atomic E-state index is 2.58. The summed E-state index contributed by atoms with van der Waals surface area (Å²) >= 11 is 0. The molecule has 0 saturated carbocycles. The van der Waals surface area contributed by atoms with Crippen LogP contribution in [0.2, 0.25) is 0 Å². The highest BCUT2D eigenvalue weighted by Crippen LogP contribution is 2.44. The molecule has 4 rings (SSSR count). The summed E-state index contributed by atoms with van der Waals surface area (Å²) < 4.78 is 2.58. The third-order valence-corrected chi connectivity index (χ3v) is 5.84. The largest absolute Gasteiger partial charge is 0.301 e. The first-order valence-electron chi connectivity index (χ1n) is 8.64. The Morgan fingerprint density at radius 2 is 1.79 bits per heavy atom. The molecule has 1 aliphatic rings. The Labute approximate surface area is 148 Å². The third-order valence-electron chi connectivity index (χ3n) is 5.07. The van der Waals surface area contributed by atoms with E-state index in [1.807, 2.05) is 0 Å². The quantitative estimate of drug-likeness (QED) is 0.435. The maximum absolute atomic E-state index is 2.58. The summed E-state index contributed by atoms with van der Waals surface area (Å²) in [6, 6.07) is 16.0. The predicted octanol–water partition coefficient (Wildman–Crippen LogP) is 5.35. The highest BCUT2D eigenvalue weighted by molar-refractivity contribution is 7.94. The molecule has 0 amide bonds. The van der Waals surface area contributed by atoms with Crippen LogP contribution in [0.15, 0.2) is 42.5 Å².